The van der Waals surface area contributed by atoms with Gasteiger partial charge in [-0.05, 0) is 47.0 Å². The van der Waals surface area contributed by atoms with E-state index in [2.05, 4.69) is 25.8 Å². The van der Waals surface area contributed by atoms with Crippen LogP contribution < -0.4 is 0 Å². The normalized spacial score (nSPS) is 10.4. The molecule has 1 aromatic carbocycles. The van der Waals surface area contributed by atoms with E-state index in [1.54, 1.807) is 0 Å². The predicted octanol–water partition coefficient (Wildman–Crippen LogP) is 2.82. The molecule has 0 spiro atoms. The Kier molecular flexibility index (Phi) is 4.65. The third-order valence-corrected chi connectivity index (χ3v) is 3.92. The first-order valence-corrected chi connectivity index (χ1v) is 7.22. The molecular weight excluding hydrogens is 352 g/mol. The number of nitrogens with zero attached hydrogens (tertiary/aromatic N) is 2. The Morgan fingerprint density at radius 1 is 1.14 bits per heavy atom. The molecular formula is C15H15BrN2O4. The molecule has 6 nitrogen and oxygen atoms in total. The van der Waals surface area contributed by atoms with Crippen LogP contribution in [-0.2, 0) is 9.47 Å². The van der Waals surface area contributed by atoms with E-state index >= 15 is 0 Å². The van der Waals surface area contributed by atoms with Gasteiger partial charge in [0.15, 0.2) is 5.69 Å². The number of methoxy groups -OCH3 is 2. The van der Waals surface area contributed by atoms with Gasteiger partial charge in [0.1, 0.15) is 10.2 Å². The van der Waals surface area contributed by atoms with Crippen molar-refractivity contribution in [1.29, 1.82) is 0 Å². The summed E-state index contributed by atoms with van der Waals surface area (Å²) in [5, 5.41) is 4.22. The lowest BCUT2D eigenvalue weighted by atomic mass is 10.1. The van der Waals surface area contributed by atoms with E-state index in [1.807, 2.05) is 32.0 Å². The summed E-state index contributed by atoms with van der Waals surface area (Å²) in [4.78, 5) is 23.8. The minimum atomic E-state index is -0.704. The number of aromatic nitrogens is 2. The van der Waals surface area contributed by atoms with Crippen LogP contribution in [0.5, 0.6) is 0 Å². The van der Waals surface area contributed by atoms with Crippen molar-refractivity contribution in [3.8, 4) is 5.69 Å². The van der Waals surface area contributed by atoms with Crippen LogP contribution in [0.2, 0.25) is 0 Å². The zero-order valence-electron chi connectivity index (χ0n) is 12.6. The summed E-state index contributed by atoms with van der Waals surface area (Å²) >= 11 is 3.33. The average Bonchev–Trinajstić information content (AvgIpc) is 2.85. The van der Waals surface area contributed by atoms with E-state index in [0.717, 1.165) is 16.8 Å². The van der Waals surface area contributed by atoms with Gasteiger partial charge in [-0.1, -0.05) is 12.1 Å². The van der Waals surface area contributed by atoms with E-state index in [4.69, 9.17) is 4.74 Å². The van der Waals surface area contributed by atoms with Crippen LogP contribution in [0.1, 0.15) is 32.0 Å². The number of aryl methyl sites for hydroxylation is 2. The van der Waals surface area contributed by atoms with Crippen molar-refractivity contribution in [2.75, 3.05) is 14.2 Å². The zero-order valence-corrected chi connectivity index (χ0v) is 14.2. The number of halogens is 1. The van der Waals surface area contributed by atoms with E-state index in [1.165, 1.54) is 18.9 Å². The Morgan fingerprint density at radius 3 is 2.36 bits per heavy atom. The molecule has 0 aliphatic carbocycles. The number of hydrogen-bond acceptors (Lipinski definition) is 5. The molecule has 0 aliphatic rings. The molecule has 0 amide bonds. The molecule has 0 radical (unpaired) electrons. The molecule has 0 saturated heterocycles. The van der Waals surface area contributed by atoms with Gasteiger partial charge >= 0.3 is 11.9 Å². The zero-order chi connectivity index (χ0) is 16.4. The number of carbonyl (C=O) groups is 2. The highest BCUT2D eigenvalue weighted by Crippen LogP contribution is 2.27. The van der Waals surface area contributed by atoms with Crippen molar-refractivity contribution < 1.29 is 19.1 Å². The van der Waals surface area contributed by atoms with Gasteiger partial charge in [0.2, 0.25) is 0 Å². The number of rotatable bonds is 3. The van der Waals surface area contributed by atoms with Crippen LogP contribution in [0.15, 0.2) is 22.8 Å². The summed E-state index contributed by atoms with van der Waals surface area (Å²) in [5.41, 5.74) is 2.67. The largest absolute Gasteiger partial charge is 0.465 e. The predicted molar refractivity (Wildman–Crippen MR) is 83.4 cm³/mol. The third kappa shape index (κ3) is 2.76. The smallest absolute Gasteiger partial charge is 0.359 e. The second-order valence-corrected chi connectivity index (χ2v) is 5.45. The minimum Gasteiger partial charge on any atom is -0.465 e. The topological polar surface area (TPSA) is 70.4 Å². The maximum absolute atomic E-state index is 12.0. The van der Waals surface area contributed by atoms with Gasteiger partial charge in [0.05, 0.1) is 19.9 Å². The van der Waals surface area contributed by atoms with Crippen molar-refractivity contribution >= 4 is 27.9 Å². The molecule has 2 aromatic rings. The first-order chi connectivity index (χ1) is 10.4. The van der Waals surface area contributed by atoms with Crippen LogP contribution in [-0.4, -0.2) is 35.9 Å². The molecule has 0 N–H and O–H groups in total. The highest BCUT2D eigenvalue weighted by Gasteiger charge is 2.29. The van der Waals surface area contributed by atoms with Crippen molar-refractivity contribution in [3.63, 3.8) is 0 Å². The summed E-state index contributed by atoms with van der Waals surface area (Å²) in [6.45, 7) is 3.86. The fraction of sp³-hybridized carbons (Fsp3) is 0.267. The summed E-state index contributed by atoms with van der Waals surface area (Å²) in [6.07, 6.45) is 0. The Morgan fingerprint density at radius 2 is 1.77 bits per heavy atom. The van der Waals surface area contributed by atoms with Crippen LogP contribution in [0.3, 0.4) is 0 Å². The molecule has 0 unspecified atom stereocenters. The Balaban J connectivity index is 2.73. The van der Waals surface area contributed by atoms with E-state index < -0.39 is 11.9 Å². The van der Waals surface area contributed by atoms with Gasteiger partial charge in [-0.15, -0.1) is 0 Å². The second kappa shape index (κ2) is 6.31. The molecule has 0 fully saturated rings. The first kappa shape index (κ1) is 16.2. The maximum Gasteiger partial charge on any atom is 0.359 e. The SMILES string of the molecule is COC(=O)c1nn(-c2cc(C)ccc2C)c(Br)c1C(=O)OC. The van der Waals surface area contributed by atoms with Crippen molar-refractivity contribution in [2.45, 2.75) is 13.8 Å². The maximum atomic E-state index is 12.0. The molecule has 1 heterocycles. The highest BCUT2D eigenvalue weighted by atomic mass is 79.9. The Bertz CT molecular complexity index is 752. The minimum absolute atomic E-state index is 0.0373. The third-order valence-electron chi connectivity index (χ3n) is 3.19. The number of hydrogen-bond donors (Lipinski definition) is 0. The lowest BCUT2D eigenvalue weighted by Gasteiger charge is -2.08. The van der Waals surface area contributed by atoms with Gasteiger partial charge < -0.3 is 9.47 Å². The fourth-order valence-corrected chi connectivity index (χ4v) is 2.65. The number of carbonyl (C=O) groups excluding carboxylic acids is 2. The van der Waals surface area contributed by atoms with E-state index in [0.29, 0.717) is 4.60 Å². The molecule has 1 aromatic heterocycles. The summed E-state index contributed by atoms with van der Waals surface area (Å²) in [7, 11) is 2.47. The number of benzene rings is 1. The summed E-state index contributed by atoms with van der Waals surface area (Å²) < 4.78 is 11.2. The molecule has 2 rings (SSSR count). The molecule has 22 heavy (non-hydrogen) atoms. The monoisotopic (exact) mass is 366 g/mol. The second-order valence-electron chi connectivity index (χ2n) is 4.70. The summed E-state index contributed by atoms with van der Waals surface area (Å²) in [6, 6.07) is 5.82. The number of ether oxygens (including phenoxy) is 2. The van der Waals surface area contributed by atoms with Gasteiger partial charge in [-0.3, -0.25) is 0 Å². The van der Waals surface area contributed by atoms with Gasteiger partial charge in [0.25, 0.3) is 0 Å². The first-order valence-electron chi connectivity index (χ1n) is 6.43. The molecule has 0 atom stereocenters. The molecule has 116 valence electrons. The van der Waals surface area contributed by atoms with Crippen LogP contribution in [0, 0.1) is 13.8 Å². The Hall–Kier alpha value is -2.15. The quantitative estimate of drug-likeness (QED) is 0.781. The molecule has 0 aliphatic heterocycles. The van der Waals surface area contributed by atoms with Gasteiger partial charge in [0, 0.05) is 0 Å². The molecule has 0 saturated carbocycles. The lowest BCUT2D eigenvalue weighted by molar-refractivity contribution is 0.0551. The van der Waals surface area contributed by atoms with Crippen LogP contribution in [0.25, 0.3) is 5.69 Å². The van der Waals surface area contributed by atoms with Crippen molar-refractivity contribution in [1.82, 2.24) is 9.78 Å². The van der Waals surface area contributed by atoms with Crippen molar-refractivity contribution in [3.05, 3.63) is 45.2 Å². The van der Waals surface area contributed by atoms with E-state index in [-0.39, 0.29) is 11.3 Å². The summed E-state index contributed by atoms with van der Waals surface area (Å²) in [5.74, 6) is -1.37. The molecule has 0 bridgehead atoms. The standard InChI is InChI=1S/C15H15BrN2O4/c1-8-5-6-9(2)10(7-8)18-13(16)11(14(19)21-3)12(17-18)15(20)22-4/h5-7H,1-4H3. The van der Waals surface area contributed by atoms with E-state index in [9.17, 15) is 9.59 Å². The van der Waals surface area contributed by atoms with Crippen LogP contribution >= 0.6 is 15.9 Å². The van der Waals surface area contributed by atoms with Gasteiger partial charge in [-0.25, -0.2) is 14.3 Å². The highest BCUT2D eigenvalue weighted by molar-refractivity contribution is 9.10. The van der Waals surface area contributed by atoms with Crippen LogP contribution in [0.4, 0.5) is 0 Å². The average molecular weight is 367 g/mol. The fourth-order valence-electron chi connectivity index (χ4n) is 2.03. The van der Waals surface area contributed by atoms with Crippen molar-refractivity contribution in [2.24, 2.45) is 0 Å². The Labute approximate surface area is 136 Å². The molecule has 7 heteroatoms. The number of esters is 2. The van der Waals surface area contributed by atoms with Gasteiger partial charge in [-0.2, -0.15) is 5.10 Å². The lowest BCUT2D eigenvalue weighted by Crippen LogP contribution is -2.10.